The second-order valence-corrected chi connectivity index (χ2v) is 3.96. The summed E-state index contributed by atoms with van der Waals surface area (Å²) in [4.78, 5) is 0. The van der Waals surface area contributed by atoms with Gasteiger partial charge in [-0.1, -0.05) is 6.07 Å². The van der Waals surface area contributed by atoms with Gasteiger partial charge in [0, 0.05) is 5.56 Å². The minimum absolute atomic E-state index is 0.137. The van der Waals surface area contributed by atoms with E-state index in [0.717, 1.165) is 11.3 Å². The maximum atomic E-state index is 5.63. The van der Waals surface area contributed by atoms with Gasteiger partial charge in [-0.3, -0.25) is 0 Å². The quantitative estimate of drug-likeness (QED) is 0.807. The van der Waals surface area contributed by atoms with Crippen LogP contribution in [0.3, 0.4) is 0 Å². The maximum absolute atomic E-state index is 5.63. The Kier molecular flexibility index (Phi) is 3.86. The van der Waals surface area contributed by atoms with E-state index in [1.165, 1.54) is 0 Å². The van der Waals surface area contributed by atoms with Crippen LogP contribution in [0.4, 0.5) is 0 Å². The van der Waals surface area contributed by atoms with Gasteiger partial charge >= 0.3 is 0 Å². The Hall–Kier alpha value is -1.26. The number of hydrogen-bond acceptors (Lipinski definition) is 4. The van der Waals surface area contributed by atoms with Crippen molar-refractivity contribution >= 4 is 0 Å². The van der Waals surface area contributed by atoms with E-state index in [1.54, 1.807) is 7.11 Å². The van der Waals surface area contributed by atoms with Crippen LogP contribution in [-0.4, -0.2) is 26.4 Å². The Labute approximate surface area is 101 Å². The first-order chi connectivity index (χ1) is 8.24. The molecule has 0 spiro atoms. The lowest BCUT2D eigenvalue weighted by molar-refractivity contribution is -0.0573. The van der Waals surface area contributed by atoms with E-state index in [1.807, 2.05) is 32.0 Å². The lowest BCUT2D eigenvalue weighted by Crippen LogP contribution is -2.03. The van der Waals surface area contributed by atoms with E-state index in [9.17, 15) is 0 Å². The molecular weight excluding hydrogens is 220 g/mol. The van der Waals surface area contributed by atoms with Crippen molar-refractivity contribution in [3.63, 3.8) is 0 Å². The number of ether oxygens (including phenoxy) is 4. The van der Waals surface area contributed by atoms with E-state index in [-0.39, 0.29) is 12.4 Å². The second kappa shape index (κ2) is 5.38. The fraction of sp³-hybridized carbons (Fsp3) is 0.538. The molecule has 1 fully saturated rings. The van der Waals surface area contributed by atoms with Gasteiger partial charge in [-0.05, 0) is 26.0 Å². The minimum Gasteiger partial charge on any atom is -0.493 e. The van der Waals surface area contributed by atoms with Crippen molar-refractivity contribution in [1.82, 2.24) is 0 Å². The predicted octanol–water partition coefficient (Wildman–Crippen LogP) is 2.53. The summed E-state index contributed by atoms with van der Waals surface area (Å²) in [5, 5.41) is 0. The van der Waals surface area contributed by atoms with Crippen molar-refractivity contribution in [1.29, 1.82) is 0 Å². The topological polar surface area (TPSA) is 36.9 Å². The Morgan fingerprint density at radius 3 is 2.76 bits per heavy atom. The van der Waals surface area contributed by atoms with E-state index in [2.05, 4.69) is 0 Å². The van der Waals surface area contributed by atoms with Crippen LogP contribution < -0.4 is 9.47 Å². The summed E-state index contributed by atoms with van der Waals surface area (Å²) in [5.74, 6) is 1.45. The fourth-order valence-corrected chi connectivity index (χ4v) is 1.79. The molecule has 1 aromatic carbocycles. The monoisotopic (exact) mass is 238 g/mol. The molecule has 4 heteroatoms. The highest BCUT2D eigenvalue weighted by Gasteiger charge is 2.24. The van der Waals surface area contributed by atoms with E-state index >= 15 is 0 Å². The van der Waals surface area contributed by atoms with Crippen molar-refractivity contribution < 1.29 is 18.9 Å². The zero-order valence-electron chi connectivity index (χ0n) is 10.4. The molecule has 2 atom stereocenters. The summed E-state index contributed by atoms with van der Waals surface area (Å²) in [6.45, 7) is 5.17. The molecule has 1 aliphatic heterocycles. The summed E-state index contributed by atoms with van der Waals surface area (Å²) >= 11 is 0. The van der Waals surface area contributed by atoms with Gasteiger partial charge in [0.05, 0.1) is 26.4 Å². The van der Waals surface area contributed by atoms with Crippen molar-refractivity contribution in [2.75, 3.05) is 20.3 Å². The smallest absolute Gasteiger partial charge is 0.184 e. The largest absolute Gasteiger partial charge is 0.493 e. The average molecular weight is 238 g/mol. The van der Waals surface area contributed by atoms with Crippen molar-refractivity contribution in [2.45, 2.75) is 26.2 Å². The molecule has 0 bridgehead atoms. The van der Waals surface area contributed by atoms with Gasteiger partial charge in [0.1, 0.15) is 0 Å². The van der Waals surface area contributed by atoms with Crippen LogP contribution in [0.15, 0.2) is 18.2 Å². The molecule has 0 unspecified atom stereocenters. The third kappa shape index (κ3) is 2.70. The summed E-state index contributed by atoms with van der Waals surface area (Å²) in [7, 11) is 1.63. The molecule has 0 aromatic heterocycles. The summed E-state index contributed by atoms with van der Waals surface area (Å²) < 4.78 is 21.9. The van der Waals surface area contributed by atoms with Gasteiger partial charge in [0.2, 0.25) is 0 Å². The Morgan fingerprint density at radius 2 is 2.18 bits per heavy atom. The summed E-state index contributed by atoms with van der Waals surface area (Å²) in [5.41, 5.74) is 0.953. The zero-order valence-corrected chi connectivity index (χ0v) is 10.4. The highest BCUT2D eigenvalue weighted by molar-refractivity contribution is 5.43. The lowest BCUT2D eigenvalue weighted by atomic mass is 10.2. The molecule has 1 saturated heterocycles. The lowest BCUT2D eigenvalue weighted by Gasteiger charge is -2.14. The van der Waals surface area contributed by atoms with Crippen LogP contribution in [0.2, 0.25) is 0 Å². The standard InChI is InChI=1S/C13H18O4/c1-4-15-11-6-5-10(7-12(11)14-3)13-16-8-9(2)17-13/h5-7,9,13H,4,8H2,1-3H3/t9-,13+/m0/s1. The Balaban J connectivity index is 2.19. The molecule has 1 heterocycles. The maximum Gasteiger partial charge on any atom is 0.184 e. The highest BCUT2D eigenvalue weighted by Crippen LogP contribution is 2.34. The first-order valence-corrected chi connectivity index (χ1v) is 5.82. The molecule has 94 valence electrons. The second-order valence-electron chi connectivity index (χ2n) is 3.96. The fourth-order valence-electron chi connectivity index (χ4n) is 1.79. The van der Waals surface area contributed by atoms with Crippen molar-refractivity contribution in [3.8, 4) is 11.5 Å². The van der Waals surface area contributed by atoms with Gasteiger partial charge in [0.25, 0.3) is 0 Å². The third-order valence-corrected chi connectivity index (χ3v) is 2.60. The number of rotatable bonds is 4. The Morgan fingerprint density at radius 1 is 1.35 bits per heavy atom. The summed E-state index contributed by atoms with van der Waals surface area (Å²) in [6, 6.07) is 5.72. The van der Waals surface area contributed by atoms with Gasteiger partial charge in [0.15, 0.2) is 17.8 Å². The molecule has 4 nitrogen and oxygen atoms in total. The SMILES string of the molecule is CCOc1ccc([C@@H]2OC[C@H](C)O2)cc1OC. The van der Waals surface area contributed by atoms with Crippen LogP contribution >= 0.6 is 0 Å². The van der Waals surface area contributed by atoms with Crippen LogP contribution in [0.25, 0.3) is 0 Å². The molecule has 1 aliphatic rings. The molecular formula is C13H18O4. The number of hydrogen-bond donors (Lipinski definition) is 0. The molecule has 0 saturated carbocycles. The van der Waals surface area contributed by atoms with Crippen LogP contribution in [-0.2, 0) is 9.47 Å². The average Bonchev–Trinajstić information content (AvgIpc) is 2.77. The van der Waals surface area contributed by atoms with Crippen LogP contribution in [0.5, 0.6) is 11.5 Å². The normalized spacial score (nSPS) is 23.7. The van der Waals surface area contributed by atoms with Crippen molar-refractivity contribution in [3.05, 3.63) is 23.8 Å². The minimum atomic E-state index is -0.297. The Bertz CT molecular complexity index is 378. The van der Waals surface area contributed by atoms with Gasteiger partial charge in [-0.15, -0.1) is 0 Å². The van der Waals surface area contributed by atoms with E-state index in [0.29, 0.717) is 19.0 Å². The first kappa shape index (κ1) is 12.2. The van der Waals surface area contributed by atoms with E-state index < -0.39 is 0 Å². The van der Waals surface area contributed by atoms with Crippen LogP contribution in [0, 0.1) is 0 Å². The summed E-state index contributed by atoms with van der Waals surface area (Å²) in [6.07, 6.45) is -0.160. The molecule has 0 radical (unpaired) electrons. The zero-order chi connectivity index (χ0) is 12.3. The molecule has 1 aromatic rings. The van der Waals surface area contributed by atoms with Gasteiger partial charge in [-0.2, -0.15) is 0 Å². The molecule has 2 rings (SSSR count). The molecule has 0 amide bonds. The molecule has 0 N–H and O–H groups in total. The van der Waals surface area contributed by atoms with Gasteiger partial charge < -0.3 is 18.9 Å². The van der Waals surface area contributed by atoms with E-state index in [4.69, 9.17) is 18.9 Å². The van der Waals surface area contributed by atoms with Gasteiger partial charge in [-0.25, -0.2) is 0 Å². The highest BCUT2D eigenvalue weighted by atomic mass is 16.7. The van der Waals surface area contributed by atoms with Crippen LogP contribution in [0.1, 0.15) is 25.7 Å². The number of methoxy groups -OCH3 is 1. The third-order valence-electron chi connectivity index (χ3n) is 2.60. The molecule has 17 heavy (non-hydrogen) atoms. The van der Waals surface area contributed by atoms with Crippen molar-refractivity contribution in [2.24, 2.45) is 0 Å². The number of benzene rings is 1. The first-order valence-electron chi connectivity index (χ1n) is 5.82. The predicted molar refractivity (Wildman–Crippen MR) is 63.4 cm³/mol. The molecule has 0 aliphatic carbocycles.